The first-order valence-corrected chi connectivity index (χ1v) is 2.89. The van der Waals surface area contributed by atoms with Crippen LogP contribution in [0, 0.1) is 0 Å². The summed E-state index contributed by atoms with van der Waals surface area (Å²) in [5, 5.41) is 0. The molecule has 3 atom stereocenters. The molecule has 0 rings (SSSR count). The van der Waals surface area contributed by atoms with Crippen LogP contribution in [0.2, 0.25) is 0 Å². The maximum absolute atomic E-state index is 5.24. The monoisotopic (exact) mass is 167 g/mol. The molecule has 2 N–H and O–H groups in total. The van der Waals surface area contributed by atoms with Crippen molar-refractivity contribution in [2.24, 2.45) is 5.73 Å². The average molecular weight is 167 g/mol. The van der Waals surface area contributed by atoms with Crippen molar-refractivity contribution >= 4 is 27.7 Å². The van der Waals surface area contributed by atoms with Crippen LogP contribution in [0.5, 0.6) is 0 Å². The molecule has 0 fully saturated rings. The second-order valence-electron chi connectivity index (χ2n) is 1.00. The Morgan fingerprint density at radius 3 is 1.33 bits per heavy atom. The van der Waals surface area contributed by atoms with Crippen molar-refractivity contribution in [1.82, 2.24) is 0 Å². The number of hydrogen-bond acceptors (Lipinski definition) is 1. The molecule has 0 saturated heterocycles. The molecule has 0 amide bonds. The summed E-state index contributed by atoms with van der Waals surface area (Å²) in [4.78, 5) is 0. The summed E-state index contributed by atoms with van der Waals surface area (Å²) >= 11 is 0. The summed E-state index contributed by atoms with van der Waals surface area (Å²) in [7, 11) is 7.26. The molecule has 0 heterocycles. The summed E-state index contributed by atoms with van der Waals surface area (Å²) in [5.41, 5.74) is 5.24. The van der Waals surface area contributed by atoms with Crippen LogP contribution in [0.3, 0.4) is 0 Å². The van der Waals surface area contributed by atoms with Gasteiger partial charge >= 0.3 is 51.4 Å². The SMILES string of the molecule is NC(P)(P)P.[H-].[K+]. The Morgan fingerprint density at radius 2 is 1.33 bits per heavy atom. The van der Waals surface area contributed by atoms with Gasteiger partial charge in [0.25, 0.3) is 0 Å². The van der Waals surface area contributed by atoms with E-state index >= 15 is 0 Å². The second-order valence-corrected chi connectivity index (χ2v) is 6.00. The van der Waals surface area contributed by atoms with E-state index in [9.17, 15) is 0 Å². The van der Waals surface area contributed by atoms with Crippen molar-refractivity contribution in [3.8, 4) is 0 Å². The van der Waals surface area contributed by atoms with E-state index in [0.717, 1.165) is 0 Å². The molecule has 0 spiro atoms. The number of rotatable bonds is 0. The van der Waals surface area contributed by atoms with Gasteiger partial charge in [-0.25, -0.2) is 0 Å². The first kappa shape index (κ1) is 11.7. The van der Waals surface area contributed by atoms with E-state index in [-0.39, 0.29) is 57.6 Å². The van der Waals surface area contributed by atoms with Gasteiger partial charge in [-0.1, -0.05) is 0 Å². The summed E-state index contributed by atoms with van der Waals surface area (Å²) in [6, 6.07) is 0. The van der Waals surface area contributed by atoms with Gasteiger partial charge in [0.2, 0.25) is 0 Å². The summed E-state index contributed by atoms with van der Waals surface area (Å²) in [6.07, 6.45) is 0. The summed E-state index contributed by atoms with van der Waals surface area (Å²) < 4.78 is -0.250. The van der Waals surface area contributed by atoms with Gasteiger partial charge < -0.3 is 7.16 Å². The Bertz CT molecular complexity index is 30.4. The second kappa shape index (κ2) is 4.74. The predicted molar refractivity (Wildman–Crippen MR) is 37.2 cm³/mol. The van der Waals surface area contributed by atoms with Crippen LogP contribution in [0.1, 0.15) is 1.43 Å². The van der Waals surface area contributed by atoms with Crippen LogP contribution >= 0.6 is 27.7 Å². The van der Waals surface area contributed by atoms with Crippen molar-refractivity contribution in [2.75, 3.05) is 0 Å². The molecule has 5 heteroatoms. The fourth-order valence-corrected chi connectivity index (χ4v) is 0. The van der Waals surface area contributed by atoms with Gasteiger partial charge in [-0.3, -0.25) is 0 Å². The average Bonchev–Trinajstić information content (AvgIpc) is 0.722. The van der Waals surface area contributed by atoms with Gasteiger partial charge in [-0.05, 0) is 0 Å². The van der Waals surface area contributed by atoms with Crippen molar-refractivity contribution < 1.29 is 52.8 Å². The zero-order valence-electron chi connectivity index (χ0n) is 4.81. The normalized spacial score (nSPS) is 10.0. The molecule has 0 radical (unpaired) electrons. The predicted octanol–water partition coefficient (Wildman–Crippen LogP) is -2.70. The van der Waals surface area contributed by atoms with Gasteiger partial charge in [-0.15, -0.1) is 27.7 Å². The summed E-state index contributed by atoms with van der Waals surface area (Å²) in [5.74, 6) is 0. The maximum Gasteiger partial charge on any atom is 1.00 e. The van der Waals surface area contributed by atoms with Crippen molar-refractivity contribution in [2.45, 2.75) is 4.76 Å². The van der Waals surface area contributed by atoms with Crippen LogP contribution in [0.15, 0.2) is 0 Å². The van der Waals surface area contributed by atoms with Crippen molar-refractivity contribution in [3.63, 3.8) is 0 Å². The van der Waals surface area contributed by atoms with Crippen molar-refractivity contribution in [3.05, 3.63) is 0 Å². The van der Waals surface area contributed by atoms with Crippen molar-refractivity contribution in [1.29, 1.82) is 0 Å². The van der Waals surface area contributed by atoms with Gasteiger partial charge in [0.05, 0.1) is 4.76 Å². The fourth-order valence-electron chi connectivity index (χ4n) is 0. The Kier molecular flexibility index (Phi) is 9.20. The molecule has 3 unspecified atom stereocenters. The molecule has 0 saturated carbocycles. The third kappa shape index (κ3) is 28.6. The molecule has 0 aromatic rings. The molecule has 34 valence electrons. The molecular weight excluding hydrogens is 158 g/mol. The van der Waals surface area contributed by atoms with Crippen LogP contribution < -0.4 is 57.1 Å². The van der Waals surface area contributed by atoms with Gasteiger partial charge in [-0.2, -0.15) is 0 Å². The third-order valence-corrected chi connectivity index (χ3v) is 0. The van der Waals surface area contributed by atoms with Gasteiger partial charge in [0.15, 0.2) is 0 Å². The van der Waals surface area contributed by atoms with Crippen LogP contribution in [0.4, 0.5) is 0 Å². The Morgan fingerprint density at radius 1 is 1.33 bits per heavy atom. The molecule has 1 nitrogen and oxygen atoms in total. The Hall–Kier alpha value is 2.89. The van der Waals surface area contributed by atoms with E-state index in [0.29, 0.717) is 0 Å². The maximum atomic E-state index is 5.24. The first-order chi connectivity index (χ1) is 2.00. The topological polar surface area (TPSA) is 26.0 Å². The molecule has 0 bridgehead atoms. The Balaban J connectivity index is -0.0000000800. The molecule has 0 aromatic heterocycles. The number of hydrogen-bond donors (Lipinski definition) is 1. The smallest absolute Gasteiger partial charge is 1.00 e. The van der Waals surface area contributed by atoms with Crippen LogP contribution in [-0.4, -0.2) is 4.76 Å². The van der Waals surface area contributed by atoms with E-state index in [4.69, 9.17) is 5.73 Å². The molecule has 0 aliphatic heterocycles. The summed E-state index contributed by atoms with van der Waals surface area (Å²) in [6.45, 7) is 0. The quantitative estimate of drug-likeness (QED) is 0.308. The number of nitrogens with two attached hydrogens (primary N) is 1. The Labute approximate surface area is 89.5 Å². The van der Waals surface area contributed by atoms with E-state index in [1.54, 1.807) is 0 Å². The van der Waals surface area contributed by atoms with E-state index < -0.39 is 0 Å². The van der Waals surface area contributed by atoms with E-state index in [1.165, 1.54) is 0 Å². The van der Waals surface area contributed by atoms with Gasteiger partial charge in [0.1, 0.15) is 0 Å². The zero-order chi connectivity index (χ0) is 4.50. The first-order valence-electron chi connectivity index (χ1n) is 1.15. The third-order valence-electron chi connectivity index (χ3n) is 0. The molecule has 0 aliphatic rings. The van der Waals surface area contributed by atoms with E-state index in [2.05, 4.69) is 27.7 Å². The molecule has 0 aromatic carbocycles. The van der Waals surface area contributed by atoms with Crippen LogP contribution in [-0.2, 0) is 0 Å². The molecule has 6 heavy (non-hydrogen) atoms. The van der Waals surface area contributed by atoms with Gasteiger partial charge in [0, 0.05) is 0 Å². The minimum atomic E-state index is -0.250. The minimum absolute atomic E-state index is 0. The van der Waals surface area contributed by atoms with E-state index in [1.807, 2.05) is 0 Å². The van der Waals surface area contributed by atoms with Crippen LogP contribution in [0.25, 0.3) is 0 Å². The standard InChI is InChI=1S/CH8NP3.K.H/c2-1(3,4)5;;/h2-5H2;;/q;+1;-1. The largest absolute Gasteiger partial charge is 1.00 e. The minimum Gasteiger partial charge on any atom is -1.00 e. The fraction of sp³-hybridized carbons (Fsp3) is 1.00. The molecular formula is CH9KNP3. The molecule has 0 aliphatic carbocycles. The zero-order valence-corrected chi connectivity index (χ0v) is 10.4.